The van der Waals surface area contributed by atoms with E-state index in [1.165, 1.54) is 20.2 Å². The normalized spacial score (nSPS) is 10.7. The van der Waals surface area contributed by atoms with Crippen LogP contribution in [0.1, 0.15) is 20.8 Å². The van der Waals surface area contributed by atoms with Crippen molar-refractivity contribution >= 4 is 63.8 Å². The average Bonchev–Trinajstić information content (AvgIpc) is 2.77. The molecule has 0 aliphatic rings. The van der Waals surface area contributed by atoms with Crippen LogP contribution < -0.4 is 20.7 Å². The van der Waals surface area contributed by atoms with Gasteiger partial charge in [-0.3, -0.25) is 14.9 Å². The third-order valence-corrected chi connectivity index (χ3v) is 5.73. The second-order valence-electron chi connectivity index (χ2n) is 7.46. The second kappa shape index (κ2) is 11.2. The number of amides is 1. The lowest BCUT2D eigenvalue weighted by Crippen LogP contribution is -2.07. The molecule has 1 aromatic heterocycles. The van der Waals surface area contributed by atoms with E-state index in [0.29, 0.717) is 11.4 Å². The van der Waals surface area contributed by atoms with Crippen LogP contribution in [0.2, 0.25) is 5.02 Å². The predicted octanol–water partition coefficient (Wildman–Crippen LogP) is 6.13. The zero-order valence-corrected chi connectivity index (χ0v) is 20.8. The third kappa shape index (κ3) is 6.70. The van der Waals surface area contributed by atoms with Gasteiger partial charge in [0.1, 0.15) is 10.8 Å². The zero-order chi connectivity index (χ0) is 25.7. The maximum Gasteiger partial charge on any atom is 0.307 e. The van der Waals surface area contributed by atoms with Crippen molar-refractivity contribution in [2.45, 2.75) is 30.9 Å². The SMILES string of the molecule is COc1cc(F)c([N+](=O)[O-])cc1Nc1ncc(Cl)c(Nc2cc(NC(C)=O)ccc2SC(C)C)n1. The molecule has 184 valence electrons. The topological polar surface area (TPSA) is 131 Å². The summed E-state index contributed by atoms with van der Waals surface area (Å²) in [6.07, 6.45) is 1.34. The molecule has 1 heterocycles. The summed E-state index contributed by atoms with van der Waals surface area (Å²) in [5.74, 6) is -0.947. The molecule has 0 unspecified atom stereocenters. The molecule has 0 atom stereocenters. The fourth-order valence-corrected chi connectivity index (χ4v) is 4.01. The van der Waals surface area contributed by atoms with Crippen LogP contribution in [0.25, 0.3) is 0 Å². The first-order valence-electron chi connectivity index (χ1n) is 10.2. The Bertz CT molecular complexity index is 1280. The molecule has 0 radical (unpaired) electrons. The number of ether oxygens (including phenoxy) is 1. The Labute approximate surface area is 209 Å². The van der Waals surface area contributed by atoms with Crippen molar-refractivity contribution in [3.63, 3.8) is 0 Å². The quantitative estimate of drug-likeness (QED) is 0.173. The van der Waals surface area contributed by atoms with Crippen LogP contribution in [0.3, 0.4) is 0 Å². The van der Waals surface area contributed by atoms with E-state index in [-0.39, 0.29) is 39.4 Å². The monoisotopic (exact) mass is 520 g/mol. The molecular formula is C22H22ClFN6O4S. The van der Waals surface area contributed by atoms with E-state index < -0.39 is 16.4 Å². The first-order chi connectivity index (χ1) is 16.6. The van der Waals surface area contributed by atoms with E-state index in [2.05, 4.69) is 25.9 Å². The third-order valence-electron chi connectivity index (χ3n) is 4.37. The van der Waals surface area contributed by atoms with Crippen LogP contribution in [0.4, 0.5) is 38.9 Å². The van der Waals surface area contributed by atoms with Gasteiger partial charge in [-0.1, -0.05) is 25.4 Å². The molecule has 35 heavy (non-hydrogen) atoms. The van der Waals surface area contributed by atoms with Gasteiger partial charge in [0, 0.05) is 34.9 Å². The van der Waals surface area contributed by atoms with Crippen molar-refractivity contribution < 1.29 is 18.8 Å². The molecule has 0 saturated heterocycles. The van der Waals surface area contributed by atoms with Gasteiger partial charge < -0.3 is 20.7 Å². The highest BCUT2D eigenvalue weighted by molar-refractivity contribution is 8.00. The summed E-state index contributed by atoms with van der Waals surface area (Å²) in [5.41, 5.74) is 0.597. The number of carbonyl (C=O) groups is 1. The number of carbonyl (C=O) groups excluding carboxylic acids is 1. The number of anilines is 5. The van der Waals surface area contributed by atoms with Crippen molar-refractivity contribution in [1.82, 2.24) is 9.97 Å². The van der Waals surface area contributed by atoms with Gasteiger partial charge in [0.25, 0.3) is 0 Å². The minimum Gasteiger partial charge on any atom is -0.494 e. The molecule has 3 aromatic rings. The molecule has 0 spiro atoms. The van der Waals surface area contributed by atoms with Gasteiger partial charge in [0.15, 0.2) is 5.82 Å². The van der Waals surface area contributed by atoms with Gasteiger partial charge in [-0.05, 0) is 18.2 Å². The number of thioether (sulfide) groups is 1. The number of aromatic nitrogens is 2. The number of nitrogens with one attached hydrogen (secondary N) is 3. The first-order valence-corrected chi connectivity index (χ1v) is 11.5. The Hall–Kier alpha value is -3.64. The van der Waals surface area contributed by atoms with Gasteiger partial charge in [0.05, 0.1) is 29.6 Å². The van der Waals surface area contributed by atoms with Gasteiger partial charge in [0.2, 0.25) is 17.7 Å². The standard InChI is InChI=1S/C22H22ClFN6O4S/c1-11(2)35-20-6-5-13(26-12(3)31)7-17(20)27-21-14(23)10-25-22(29-21)28-16-9-18(30(32)33)15(24)8-19(16)34-4/h5-11H,1-4H3,(H,26,31)(H2,25,27,28,29). The first kappa shape index (κ1) is 26.0. The minimum atomic E-state index is -1.04. The average molecular weight is 521 g/mol. The number of nitro benzene ring substituents is 1. The van der Waals surface area contributed by atoms with Crippen LogP contribution in [-0.4, -0.2) is 33.2 Å². The predicted molar refractivity (Wildman–Crippen MR) is 135 cm³/mol. The van der Waals surface area contributed by atoms with Crippen LogP contribution in [0.15, 0.2) is 41.4 Å². The summed E-state index contributed by atoms with van der Waals surface area (Å²) < 4.78 is 19.1. The van der Waals surface area contributed by atoms with Crippen LogP contribution in [0, 0.1) is 15.9 Å². The Kier molecular flexibility index (Phi) is 8.30. The number of rotatable bonds is 9. The molecular weight excluding hydrogens is 499 g/mol. The molecule has 3 N–H and O–H groups in total. The molecule has 1 amide bonds. The fourth-order valence-electron chi connectivity index (χ4n) is 2.98. The summed E-state index contributed by atoms with van der Waals surface area (Å²) in [4.78, 5) is 31.2. The van der Waals surface area contributed by atoms with E-state index in [1.54, 1.807) is 23.9 Å². The lowest BCUT2D eigenvalue weighted by Gasteiger charge is -2.16. The van der Waals surface area contributed by atoms with Crippen molar-refractivity contribution in [3.05, 3.63) is 57.5 Å². The van der Waals surface area contributed by atoms with E-state index in [9.17, 15) is 19.3 Å². The van der Waals surface area contributed by atoms with Crippen LogP contribution >= 0.6 is 23.4 Å². The molecule has 0 saturated carbocycles. The maximum absolute atomic E-state index is 14.0. The molecule has 2 aromatic carbocycles. The number of hydrogen-bond donors (Lipinski definition) is 3. The summed E-state index contributed by atoms with van der Waals surface area (Å²) in [5, 5.41) is 20.3. The fraction of sp³-hybridized carbons (Fsp3) is 0.227. The highest BCUT2D eigenvalue weighted by Crippen LogP contribution is 2.37. The summed E-state index contributed by atoms with van der Waals surface area (Å²) in [6.45, 7) is 5.51. The van der Waals surface area contributed by atoms with Crippen molar-refractivity contribution in [1.29, 1.82) is 0 Å². The highest BCUT2D eigenvalue weighted by Gasteiger charge is 2.20. The Morgan fingerprint density at radius 3 is 2.60 bits per heavy atom. The van der Waals surface area contributed by atoms with Gasteiger partial charge >= 0.3 is 5.69 Å². The number of hydrogen-bond acceptors (Lipinski definition) is 9. The Balaban J connectivity index is 1.97. The molecule has 13 heteroatoms. The van der Waals surface area contributed by atoms with Crippen molar-refractivity contribution in [2.24, 2.45) is 0 Å². The molecule has 0 fully saturated rings. The van der Waals surface area contributed by atoms with Gasteiger partial charge in [-0.2, -0.15) is 9.37 Å². The maximum atomic E-state index is 14.0. The Morgan fingerprint density at radius 1 is 1.23 bits per heavy atom. The number of nitro groups is 1. The summed E-state index contributed by atoms with van der Waals surface area (Å²) in [7, 11) is 1.30. The van der Waals surface area contributed by atoms with E-state index in [0.717, 1.165) is 17.0 Å². The number of benzene rings is 2. The highest BCUT2D eigenvalue weighted by atomic mass is 35.5. The lowest BCUT2D eigenvalue weighted by molar-refractivity contribution is -0.387. The van der Waals surface area contributed by atoms with Gasteiger partial charge in [-0.25, -0.2) is 4.98 Å². The molecule has 10 nitrogen and oxygen atoms in total. The smallest absolute Gasteiger partial charge is 0.307 e. The molecule has 0 bridgehead atoms. The summed E-state index contributed by atoms with van der Waals surface area (Å²) >= 11 is 7.92. The van der Waals surface area contributed by atoms with Crippen LogP contribution in [-0.2, 0) is 4.79 Å². The van der Waals surface area contributed by atoms with Crippen molar-refractivity contribution in [2.75, 3.05) is 23.1 Å². The Morgan fingerprint density at radius 2 is 1.97 bits per heavy atom. The van der Waals surface area contributed by atoms with Crippen molar-refractivity contribution in [3.8, 4) is 5.75 Å². The largest absolute Gasteiger partial charge is 0.494 e. The van der Waals surface area contributed by atoms with E-state index >= 15 is 0 Å². The number of methoxy groups -OCH3 is 1. The molecule has 0 aliphatic heterocycles. The van der Waals surface area contributed by atoms with E-state index in [1.807, 2.05) is 19.9 Å². The van der Waals surface area contributed by atoms with Gasteiger partial charge in [-0.15, -0.1) is 11.8 Å². The lowest BCUT2D eigenvalue weighted by atomic mass is 10.2. The number of halogens is 2. The summed E-state index contributed by atoms with van der Waals surface area (Å²) in [6, 6.07) is 7.31. The number of nitrogens with zero attached hydrogens (tertiary/aromatic N) is 3. The zero-order valence-electron chi connectivity index (χ0n) is 19.2. The van der Waals surface area contributed by atoms with E-state index in [4.69, 9.17) is 16.3 Å². The molecule has 3 rings (SSSR count). The second-order valence-corrected chi connectivity index (χ2v) is 9.49. The van der Waals surface area contributed by atoms with Crippen LogP contribution in [0.5, 0.6) is 5.75 Å². The molecule has 0 aliphatic carbocycles. The minimum absolute atomic E-state index is 0.0276.